The molecule has 1 atom stereocenters. The zero-order valence-corrected chi connectivity index (χ0v) is 16.3. The van der Waals surface area contributed by atoms with Gasteiger partial charge in [-0.25, -0.2) is 9.78 Å². The first-order valence-electron chi connectivity index (χ1n) is 9.39. The minimum Gasteiger partial charge on any atom is -0.490 e. The van der Waals surface area contributed by atoms with E-state index in [4.69, 9.17) is 14.2 Å². The Kier molecular flexibility index (Phi) is 6.86. The van der Waals surface area contributed by atoms with E-state index >= 15 is 0 Å². The summed E-state index contributed by atoms with van der Waals surface area (Å²) >= 11 is 0. The van der Waals surface area contributed by atoms with Gasteiger partial charge in [-0.2, -0.15) is 13.2 Å². The summed E-state index contributed by atoms with van der Waals surface area (Å²) in [7, 11) is 0. The second kappa shape index (κ2) is 9.55. The van der Waals surface area contributed by atoms with Crippen LogP contribution in [0.4, 0.5) is 18.0 Å². The van der Waals surface area contributed by atoms with Gasteiger partial charge >= 0.3 is 12.2 Å². The lowest BCUT2D eigenvalue weighted by Gasteiger charge is -2.17. The summed E-state index contributed by atoms with van der Waals surface area (Å²) in [5, 5.41) is 5.38. The number of pyridine rings is 1. The summed E-state index contributed by atoms with van der Waals surface area (Å²) in [5.74, 6) is 1.11. The first kappa shape index (κ1) is 21.5. The van der Waals surface area contributed by atoms with Gasteiger partial charge in [-0.1, -0.05) is 12.1 Å². The van der Waals surface area contributed by atoms with Crippen LogP contribution in [0.25, 0.3) is 0 Å². The molecule has 7 nitrogen and oxygen atoms in total. The van der Waals surface area contributed by atoms with E-state index in [1.165, 1.54) is 12.3 Å². The van der Waals surface area contributed by atoms with Crippen molar-refractivity contribution >= 4 is 6.03 Å². The van der Waals surface area contributed by atoms with E-state index < -0.39 is 18.8 Å². The Balaban J connectivity index is 1.56. The van der Waals surface area contributed by atoms with E-state index in [2.05, 4.69) is 15.6 Å². The lowest BCUT2D eigenvalue weighted by molar-refractivity contribution is -0.154. The number of halogens is 3. The molecular formula is C20H22F3N3O4. The van der Waals surface area contributed by atoms with Gasteiger partial charge in [0.1, 0.15) is 0 Å². The molecule has 1 unspecified atom stereocenters. The third-order valence-corrected chi connectivity index (χ3v) is 4.28. The summed E-state index contributed by atoms with van der Waals surface area (Å²) in [4.78, 5) is 16.1. The number of ether oxygens (including phenoxy) is 3. The molecule has 2 aromatic rings. The van der Waals surface area contributed by atoms with E-state index in [-0.39, 0.29) is 18.5 Å². The van der Waals surface area contributed by atoms with Crippen molar-refractivity contribution in [1.82, 2.24) is 15.6 Å². The SMILES string of the molecule is CC(NC(=O)NCc1cccnc1OCC(F)(F)F)c1ccc2c(c1)OCCCO2. The second-order valence-electron chi connectivity index (χ2n) is 6.68. The van der Waals surface area contributed by atoms with Gasteiger partial charge in [0.2, 0.25) is 5.88 Å². The maximum absolute atomic E-state index is 12.4. The quantitative estimate of drug-likeness (QED) is 0.737. The predicted octanol–water partition coefficient (Wildman–Crippen LogP) is 3.74. The first-order valence-corrected chi connectivity index (χ1v) is 9.39. The minimum absolute atomic E-state index is 0.0409. The third kappa shape index (κ3) is 6.16. The van der Waals surface area contributed by atoms with Crippen LogP contribution < -0.4 is 24.8 Å². The molecule has 0 radical (unpaired) electrons. The molecule has 3 rings (SSSR count). The molecule has 0 aliphatic carbocycles. The van der Waals surface area contributed by atoms with Crippen LogP contribution in [0.5, 0.6) is 17.4 Å². The second-order valence-corrected chi connectivity index (χ2v) is 6.68. The molecule has 2 heterocycles. The van der Waals surface area contributed by atoms with Crippen molar-refractivity contribution in [2.45, 2.75) is 32.1 Å². The summed E-state index contributed by atoms with van der Waals surface area (Å²) in [6, 6.07) is 7.71. The highest BCUT2D eigenvalue weighted by Crippen LogP contribution is 2.32. The average Bonchev–Trinajstić information content (AvgIpc) is 2.95. The number of rotatable bonds is 6. The van der Waals surface area contributed by atoms with Crippen LogP contribution in [-0.2, 0) is 6.54 Å². The maximum atomic E-state index is 12.4. The number of alkyl halides is 3. The number of benzene rings is 1. The molecule has 10 heteroatoms. The van der Waals surface area contributed by atoms with Gasteiger partial charge in [0.25, 0.3) is 0 Å². The number of hydrogen-bond donors (Lipinski definition) is 2. The number of amides is 2. The Labute approximate surface area is 171 Å². The largest absolute Gasteiger partial charge is 0.490 e. The van der Waals surface area contributed by atoms with Crippen molar-refractivity contribution in [1.29, 1.82) is 0 Å². The Morgan fingerprint density at radius 3 is 2.77 bits per heavy atom. The Morgan fingerprint density at radius 1 is 1.23 bits per heavy atom. The molecule has 30 heavy (non-hydrogen) atoms. The van der Waals surface area contributed by atoms with E-state index in [1.54, 1.807) is 19.1 Å². The fraction of sp³-hybridized carbons (Fsp3) is 0.400. The molecule has 0 saturated heterocycles. The van der Waals surface area contributed by atoms with Crippen LogP contribution in [0.2, 0.25) is 0 Å². The fourth-order valence-electron chi connectivity index (χ4n) is 2.79. The Bertz CT molecular complexity index is 877. The predicted molar refractivity (Wildman–Crippen MR) is 102 cm³/mol. The molecule has 1 aliphatic heterocycles. The van der Waals surface area contributed by atoms with Gasteiger partial charge in [-0.15, -0.1) is 0 Å². The average molecular weight is 425 g/mol. The Morgan fingerprint density at radius 2 is 2.00 bits per heavy atom. The fourth-order valence-corrected chi connectivity index (χ4v) is 2.79. The van der Waals surface area contributed by atoms with E-state index in [1.807, 2.05) is 12.1 Å². The first-order chi connectivity index (χ1) is 14.3. The maximum Gasteiger partial charge on any atom is 0.422 e. The number of aromatic nitrogens is 1. The van der Waals surface area contributed by atoms with Crippen molar-refractivity contribution in [2.75, 3.05) is 19.8 Å². The number of urea groups is 1. The van der Waals surface area contributed by atoms with E-state index in [0.717, 1.165) is 12.0 Å². The van der Waals surface area contributed by atoms with Crippen molar-refractivity contribution < 1.29 is 32.2 Å². The van der Waals surface area contributed by atoms with Gasteiger partial charge < -0.3 is 24.8 Å². The molecule has 1 aromatic carbocycles. The van der Waals surface area contributed by atoms with Crippen molar-refractivity contribution in [3.63, 3.8) is 0 Å². The highest BCUT2D eigenvalue weighted by atomic mass is 19.4. The monoisotopic (exact) mass is 425 g/mol. The van der Waals surface area contributed by atoms with Gasteiger partial charge in [-0.05, 0) is 30.7 Å². The number of fused-ring (bicyclic) bond motifs is 1. The van der Waals surface area contributed by atoms with E-state index in [0.29, 0.717) is 30.3 Å². The molecule has 1 aromatic heterocycles. The molecule has 0 spiro atoms. The number of nitrogens with zero attached hydrogens (tertiary/aromatic N) is 1. The van der Waals surface area contributed by atoms with Crippen molar-refractivity contribution in [3.05, 3.63) is 47.7 Å². The standard InChI is InChI=1S/C20H22F3N3O4/c1-13(14-5-6-16-17(10-14)29-9-3-8-28-16)26-19(27)25-11-15-4-2-7-24-18(15)30-12-20(21,22)23/h2,4-7,10,13H,3,8-9,11-12H2,1H3,(H2,25,26,27). The molecular weight excluding hydrogens is 403 g/mol. The zero-order valence-electron chi connectivity index (χ0n) is 16.3. The van der Waals surface area contributed by atoms with Crippen LogP contribution >= 0.6 is 0 Å². The van der Waals surface area contributed by atoms with Gasteiger partial charge in [0.05, 0.1) is 19.3 Å². The highest BCUT2D eigenvalue weighted by Gasteiger charge is 2.29. The van der Waals surface area contributed by atoms with Crippen molar-refractivity contribution in [2.24, 2.45) is 0 Å². The van der Waals surface area contributed by atoms with Crippen LogP contribution in [0.3, 0.4) is 0 Å². The topological polar surface area (TPSA) is 81.7 Å². The van der Waals surface area contributed by atoms with Gasteiger partial charge in [0.15, 0.2) is 18.1 Å². The van der Waals surface area contributed by atoms with Crippen LogP contribution in [0, 0.1) is 0 Å². The summed E-state index contributed by atoms with van der Waals surface area (Å²) in [6.07, 6.45) is -2.36. The lowest BCUT2D eigenvalue weighted by atomic mass is 10.1. The minimum atomic E-state index is -4.47. The number of carbonyl (C=O) groups excluding carboxylic acids is 1. The van der Waals surface area contributed by atoms with Gasteiger partial charge in [0, 0.05) is 24.7 Å². The molecule has 2 amide bonds. The number of nitrogens with one attached hydrogen (secondary N) is 2. The normalized spacial score (nSPS) is 14.4. The van der Waals surface area contributed by atoms with Crippen LogP contribution in [0.15, 0.2) is 36.5 Å². The van der Waals surface area contributed by atoms with Crippen LogP contribution in [0.1, 0.15) is 30.5 Å². The zero-order chi connectivity index (χ0) is 21.6. The molecule has 0 fully saturated rings. The molecule has 1 aliphatic rings. The molecule has 0 saturated carbocycles. The molecule has 0 bridgehead atoms. The molecule has 162 valence electrons. The van der Waals surface area contributed by atoms with Crippen molar-refractivity contribution in [3.8, 4) is 17.4 Å². The van der Waals surface area contributed by atoms with Crippen LogP contribution in [-0.4, -0.2) is 37.0 Å². The number of hydrogen-bond acceptors (Lipinski definition) is 5. The number of carbonyl (C=O) groups is 1. The summed E-state index contributed by atoms with van der Waals surface area (Å²) in [6.45, 7) is 1.46. The summed E-state index contributed by atoms with van der Waals surface area (Å²) in [5.41, 5.74) is 1.16. The van der Waals surface area contributed by atoms with Gasteiger partial charge in [-0.3, -0.25) is 0 Å². The van der Waals surface area contributed by atoms with E-state index in [9.17, 15) is 18.0 Å². The summed E-state index contributed by atoms with van der Waals surface area (Å²) < 4.78 is 53.1. The molecule has 2 N–H and O–H groups in total. The Hall–Kier alpha value is -3.17. The third-order valence-electron chi connectivity index (χ3n) is 4.28. The lowest BCUT2D eigenvalue weighted by Crippen LogP contribution is -2.36. The highest BCUT2D eigenvalue weighted by molar-refractivity contribution is 5.74. The smallest absolute Gasteiger partial charge is 0.422 e.